The summed E-state index contributed by atoms with van der Waals surface area (Å²) in [5.41, 5.74) is 1.35. The van der Waals surface area contributed by atoms with E-state index in [1.165, 1.54) is 24.9 Å². The summed E-state index contributed by atoms with van der Waals surface area (Å²) in [5.74, 6) is 0. The zero-order valence-corrected chi connectivity index (χ0v) is 10.6. The Labute approximate surface area is 98.0 Å². The van der Waals surface area contributed by atoms with Gasteiger partial charge in [0.25, 0.3) is 0 Å². The number of hydrogen-bond acceptors (Lipinski definition) is 1. The molecule has 2 rings (SSSR count). The molecule has 84 valence electrons. The van der Waals surface area contributed by atoms with Crippen molar-refractivity contribution in [1.82, 2.24) is 4.90 Å². The van der Waals surface area contributed by atoms with E-state index in [1.807, 2.05) is 26.0 Å². The van der Waals surface area contributed by atoms with Gasteiger partial charge in [-0.1, -0.05) is 37.6 Å². The first-order valence-corrected chi connectivity index (χ1v) is 6.11. The number of nitrogens with zero attached hydrogens (tertiary/aromatic N) is 1. The molecule has 1 aliphatic heterocycles. The van der Waals surface area contributed by atoms with Gasteiger partial charge >= 0.3 is 0 Å². The average Bonchev–Trinajstić information content (AvgIpc) is 2.67. The second kappa shape index (κ2) is 6.14. The summed E-state index contributed by atoms with van der Waals surface area (Å²) < 4.78 is 0. The van der Waals surface area contributed by atoms with Gasteiger partial charge in [0.2, 0.25) is 0 Å². The third-order valence-corrected chi connectivity index (χ3v) is 2.99. The van der Waals surface area contributed by atoms with E-state index in [9.17, 15) is 0 Å². The largest absolute Gasteiger partial charge is 0.299 e. The summed E-state index contributed by atoms with van der Waals surface area (Å²) >= 11 is 5.95. The fourth-order valence-electron chi connectivity index (χ4n) is 2.05. The highest BCUT2D eigenvalue weighted by atomic mass is 35.5. The van der Waals surface area contributed by atoms with Crippen LogP contribution in [0.1, 0.15) is 38.3 Å². The Balaban J connectivity index is 0.000000531. The summed E-state index contributed by atoms with van der Waals surface area (Å²) in [4.78, 5) is 2.39. The van der Waals surface area contributed by atoms with Gasteiger partial charge in [0.05, 0.1) is 0 Å². The molecule has 0 radical (unpaired) electrons. The maximum absolute atomic E-state index is 5.95. The molecule has 1 unspecified atom stereocenters. The number of likely N-dealkylation sites (tertiary alicyclic amines) is 1. The Morgan fingerprint density at radius 3 is 2.60 bits per heavy atom. The van der Waals surface area contributed by atoms with Gasteiger partial charge in [-0.25, -0.2) is 0 Å². The lowest BCUT2D eigenvalue weighted by Crippen LogP contribution is -2.17. The van der Waals surface area contributed by atoms with Gasteiger partial charge in [-0.15, -0.1) is 0 Å². The normalized spacial score (nSPS) is 20.9. The van der Waals surface area contributed by atoms with Gasteiger partial charge in [-0.2, -0.15) is 0 Å². The summed E-state index contributed by atoms with van der Waals surface area (Å²) in [7, 11) is 2.18. The SMILES string of the molecule is CC.CN1CCCC1c1cccc(Cl)c1. The molecule has 1 aromatic rings. The van der Waals surface area contributed by atoms with Crippen LogP contribution in [0, 0.1) is 0 Å². The van der Waals surface area contributed by atoms with Crippen LogP contribution in [0.4, 0.5) is 0 Å². The van der Waals surface area contributed by atoms with Gasteiger partial charge in [-0.3, -0.25) is 4.90 Å². The van der Waals surface area contributed by atoms with Crippen LogP contribution in [-0.2, 0) is 0 Å². The Hall–Kier alpha value is -0.530. The number of benzene rings is 1. The van der Waals surface area contributed by atoms with E-state index in [1.54, 1.807) is 0 Å². The fraction of sp³-hybridized carbons (Fsp3) is 0.538. The van der Waals surface area contributed by atoms with Crippen molar-refractivity contribution in [2.45, 2.75) is 32.7 Å². The molecule has 1 nitrogen and oxygen atoms in total. The number of rotatable bonds is 1. The van der Waals surface area contributed by atoms with Crippen LogP contribution in [0.25, 0.3) is 0 Å². The molecule has 1 aromatic carbocycles. The van der Waals surface area contributed by atoms with Gasteiger partial charge in [0, 0.05) is 11.1 Å². The second-order valence-electron chi connectivity index (χ2n) is 3.69. The molecule has 0 saturated carbocycles. The molecule has 15 heavy (non-hydrogen) atoms. The molecule has 1 saturated heterocycles. The summed E-state index contributed by atoms with van der Waals surface area (Å²) in [6.45, 7) is 5.21. The monoisotopic (exact) mass is 225 g/mol. The van der Waals surface area contributed by atoms with Crippen molar-refractivity contribution in [2.24, 2.45) is 0 Å². The van der Waals surface area contributed by atoms with Gasteiger partial charge in [0.1, 0.15) is 0 Å². The molecular weight excluding hydrogens is 206 g/mol. The van der Waals surface area contributed by atoms with E-state index >= 15 is 0 Å². The summed E-state index contributed by atoms with van der Waals surface area (Å²) in [6.07, 6.45) is 2.56. The van der Waals surface area contributed by atoms with Crippen LogP contribution < -0.4 is 0 Å². The highest BCUT2D eigenvalue weighted by Crippen LogP contribution is 2.31. The Morgan fingerprint density at radius 1 is 1.33 bits per heavy atom. The Bertz CT molecular complexity index is 298. The van der Waals surface area contributed by atoms with Crippen molar-refractivity contribution in [2.75, 3.05) is 13.6 Å². The Kier molecular flexibility index (Phi) is 5.13. The molecule has 0 amide bonds. The minimum absolute atomic E-state index is 0.582. The molecule has 1 fully saturated rings. The molecule has 0 bridgehead atoms. The van der Waals surface area contributed by atoms with E-state index in [0.29, 0.717) is 6.04 Å². The average molecular weight is 226 g/mol. The van der Waals surface area contributed by atoms with Crippen LogP contribution in [0.5, 0.6) is 0 Å². The number of hydrogen-bond donors (Lipinski definition) is 0. The van der Waals surface area contributed by atoms with Gasteiger partial charge in [0.15, 0.2) is 0 Å². The minimum Gasteiger partial charge on any atom is -0.299 e. The highest BCUT2D eigenvalue weighted by molar-refractivity contribution is 6.30. The zero-order chi connectivity index (χ0) is 11.3. The predicted molar refractivity (Wildman–Crippen MR) is 67.4 cm³/mol. The molecule has 0 N–H and O–H groups in total. The van der Waals surface area contributed by atoms with E-state index in [-0.39, 0.29) is 0 Å². The molecule has 2 heteroatoms. The van der Waals surface area contributed by atoms with Crippen molar-refractivity contribution in [3.8, 4) is 0 Å². The maximum Gasteiger partial charge on any atom is 0.0409 e. The van der Waals surface area contributed by atoms with E-state index in [2.05, 4.69) is 24.1 Å². The third-order valence-electron chi connectivity index (χ3n) is 2.75. The number of halogens is 1. The first-order valence-electron chi connectivity index (χ1n) is 5.73. The first-order chi connectivity index (χ1) is 7.27. The van der Waals surface area contributed by atoms with Crippen LogP contribution in [0.2, 0.25) is 5.02 Å². The van der Waals surface area contributed by atoms with E-state index in [0.717, 1.165) is 5.02 Å². The zero-order valence-electron chi connectivity index (χ0n) is 9.83. The molecule has 1 aliphatic rings. The van der Waals surface area contributed by atoms with Gasteiger partial charge < -0.3 is 0 Å². The van der Waals surface area contributed by atoms with Crippen molar-refractivity contribution in [1.29, 1.82) is 0 Å². The highest BCUT2D eigenvalue weighted by Gasteiger charge is 2.22. The lowest BCUT2D eigenvalue weighted by molar-refractivity contribution is 0.317. The standard InChI is InChI=1S/C11H14ClN.C2H6/c1-13-7-3-6-11(13)9-4-2-5-10(12)8-9;1-2/h2,4-5,8,11H,3,6-7H2,1H3;1-2H3. The van der Waals surface area contributed by atoms with E-state index in [4.69, 9.17) is 11.6 Å². The maximum atomic E-state index is 5.95. The molecule has 0 spiro atoms. The second-order valence-corrected chi connectivity index (χ2v) is 4.13. The van der Waals surface area contributed by atoms with Crippen molar-refractivity contribution in [3.05, 3.63) is 34.9 Å². The van der Waals surface area contributed by atoms with Crippen LogP contribution in [0.3, 0.4) is 0 Å². The summed E-state index contributed by atoms with van der Waals surface area (Å²) in [6, 6.07) is 8.79. The quantitative estimate of drug-likeness (QED) is 0.695. The molecule has 1 atom stereocenters. The Morgan fingerprint density at radius 2 is 2.07 bits per heavy atom. The molecule has 0 aromatic heterocycles. The smallest absolute Gasteiger partial charge is 0.0409 e. The van der Waals surface area contributed by atoms with Crippen LogP contribution >= 0.6 is 11.6 Å². The molecular formula is C13H20ClN. The van der Waals surface area contributed by atoms with Crippen molar-refractivity contribution < 1.29 is 0 Å². The molecule has 0 aliphatic carbocycles. The topological polar surface area (TPSA) is 3.24 Å². The summed E-state index contributed by atoms with van der Waals surface area (Å²) in [5, 5.41) is 0.845. The van der Waals surface area contributed by atoms with Crippen LogP contribution in [0.15, 0.2) is 24.3 Å². The third kappa shape index (κ3) is 3.22. The van der Waals surface area contributed by atoms with Gasteiger partial charge in [-0.05, 0) is 44.1 Å². The predicted octanol–water partition coefficient (Wildman–Crippen LogP) is 4.13. The van der Waals surface area contributed by atoms with Crippen molar-refractivity contribution in [3.63, 3.8) is 0 Å². The molecule has 1 heterocycles. The van der Waals surface area contributed by atoms with Crippen molar-refractivity contribution >= 4 is 11.6 Å². The fourth-order valence-corrected chi connectivity index (χ4v) is 2.24. The first kappa shape index (κ1) is 12.5. The van der Waals surface area contributed by atoms with Crippen LogP contribution in [-0.4, -0.2) is 18.5 Å². The minimum atomic E-state index is 0.582. The lowest BCUT2D eigenvalue weighted by Gasteiger charge is -2.19. The lowest BCUT2D eigenvalue weighted by atomic mass is 10.1. The van der Waals surface area contributed by atoms with E-state index < -0.39 is 0 Å².